The minimum atomic E-state index is -0.889. The van der Waals surface area contributed by atoms with Crippen LogP contribution in [0.5, 0.6) is 0 Å². The maximum atomic E-state index is 8.98. The van der Waals surface area contributed by atoms with E-state index in [1.54, 1.807) is 0 Å². The van der Waals surface area contributed by atoms with Crippen molar-refractivity contribution < 1.29 is 24.6 Å². The molecule has 0 atom stereocenters. The molecular weight excluding hydrogens is 289 g/mol. The second kappa shape index (κ2) is 4.89. The molecule has 0 aliphatic rings. The zero-order valence-electron chi connectivity index (χ0n) is 2.02. The molecule has 1 nitrogen and oxygen atoms in total. The number of hydrogen-bond acceptors (Lipinski definition) is 1. The Balaban J connectivity index is 0. The van der Waals surface area contributed by atoms with Gasteiger partial charge in [-0.25, -0.2) is 0 Å². The van der Waals surface area contributed by atoms with Crippen LogP contribution in [0, 0.1) is 0 Å². The number of hydrogen-bond donors (Lipinski definition) is 0. The largest absolute Gasteiger partial charge is 2.00 e. The van der Waals surface area contributed by atoms with E-state index in [-0.39, 0.29) is 19.8 Å². The van der Waals surface area contributed by atoms with Crippen LogP contribution in [0.4, 0.5) is 4.79 Å². The zero-order chi connectivity index (χ0) is 3.58. The normalized spacial score (nSPS) is 5.20. The SMILES string of the molecule is O=C(Cl)Cl.[Os+2]. The summed E-state index contributed by atoms with van der Waals surface area (Å²) < 4.78 is -0.889. The molecular formula is CCl2OOs+2. The van der Waals surface area contributed by atoms with E-state index in [0.29, 0.717) is 0 Å². The molecule has 0 aliphatic heterocycles. The van der Waals surface area contributed by atoms with Gasteiger partial charge in [0.15, 0.2) is 0 Å². The van der Waals surface area contributed by atoms with E-state index < -0.39 is 4.70 Å². The maximum absolute atomic E-state index is 8.98. The Hall–Kier alpha value is 0.886. The maximum Gasteiger partial charge on any atom is 2.00 e. The Bertz CT molecular complexity index is 32.6. The summed E-state index contributed by atoms with van der Waals surface area (Å²) in [5.41, 5.74) is 0. The molecule has 0 radical (unpaired) electrons. The van der Waals surface area contributed by atoms with E-state index in [9.17, 15) is 0 Å². The van der Waals surface area contributed by atoms with Crippen LogP contribution in [0.25, 0.3) is 0 Å². The van der Waals surface area contributed by atoms with Crippen molar-refractivity contribution in [2.45, 2.75) is 0 Å². The molecule has 0 spiro atoms. The van der Waals surface area contributed by atoms with Gasteiger partial charge in [0, 0.05) is 0 Å². The molecule has 0 fully saturated rings. The summed E-state index contributed by atoms with van der Waals surface area (Å²) in [4.78, 5) is 8.98. The van der Waals surface area contributed by atoms with Gasteiger partial charge in [-0.05, 0) is 23.2 Å². The Morgan fingerprint density at radius 1 is 1.40 bits per heavy atom. The van der Waals surface area contributed by atoms with Crippen molar-refractivity contribution in [1.82, 2.24) is 0 Å². The molecule has 0 unspecified atom stereocenters. The Kier molecular flexibility index (Phi) is 9.09. The molecule has 30 valence electrons. The van der Waals surface area contributed by atoms with Crippen LogP contribution < -0.4 is 0 Å². The first-order chi connectivity index (χ1) is 1.73. The van der Waals surface area contributed by atoms with Crippen LogP contribution in [-0.4, -0.2) is 4.70 Å². The van der Waals surface area contributed by atoms with Crippen LogP contribution in [0.15, 0.2) is 0 Å². The Morgan fingerprint density at radius 2 is 1.40 bits per heavy atom. The molecule has 0 bridgehead atoms. The first kappa shape index (κ1) is 9.31. The van der Waals surface area contributed by atoms with Gasteiger partial charge in [0.05, 0.1) is 0 Å². The monoisotopic (exact) mass is 290 g/mol. The van der Waals surface area contributed by atoms with Crippen LogP contribution >= 0.6 is 23.2 Å². The standard InChI is InChI=1S/CCl2O.Os/c2-1(3)4;/q;+2. The molecule has 0 saturated heterocycles. The number of rotatable bonds is 0. The van der Waals surface area contributed by atoms with Gasteiger partial charge < -0.3 is 0 Å². The van der Waals surface area contributed by atoms with Gasteiger partial charge in [0.25, 0.3) is 0 Å². The van der Waals surface area contributed by atoms with Crippen molar-refractivity contribution in [2.75, 3.05) is 0 Å². The Labute approximate surface area is 52.7 Å². The predicted octanol–water partition coefficient (Wildman–Crippen LogP) is 1.58. The average Bonchev–Trinajstić information content (AvgIpc) is 0.811. The van der Waals surface area contributed by atoms with Crippen LogP contribution in [0.2, 0.25) is 0 Å². The van der Waals surface area contributed by atoms with Gasteiger partial charge in [0.2, 0.25) is 0 Å². The van der Waals surface area contributed by atoms with Gasteiger partial charge in [-0.1, -0.05) is 0 Å². The van der Waals surface area contributed by atoms with Gasteiger partial charge in [0.1, 0.15) is 0 Å². The average molecular weight is 289 g/mol. The van der Waals surface area contributed by atoms with Crippen molar-refractivity contribution in [3.05, 3.63) is 0 Å². The summed E-state index contributed by atoms with van der Waals surface area (Å²) in [6, 6.07) is 0. The fourth-order valence-corrected chi connectivity index (χ4v) is 0. The summed E-state index contributed by atoms with van der Waals surface area (Å²) in [6.07, 6.45) is 0. The molecule has 4 heteroatoms. The Morgan fingerprint density at radius 3 is 1.40 bits per heavy atom. The number of halogens is 2. The zero-order valence-corrected chi connectivity index (χ0v) is 6.07. The number of carbonyl (C=O) groups excluding carboxylic acids is 1. The smallest absolute Gasteiger partial charge is 0.262 e. The molecule has 0 N–H and O–H groups in total. The molecule has 0 rings (SSSR count). The predicted molar refractivity (Wildman–Crippen MR) is 17.1 cm³/mol. The third-order valence-electron chi connectivity index (χ3n) is 0. The van der Waals surface area contributed by atoms with Crippen LogP contribution in [0.1, 0.15) is 0 Å². The number of carbonyl (C=O) groups is 1. The molecule has 0 saturated carbocycles. The minimum absolute atomic E-state index is 0. The summed E-state index contributed by atoms with van der Waals surface area (Å²) in [5, 5.41) is 0. The summed E-state index contributed by atoms with van der Waals surface area (Å²) in [5.74, 6) is 0. The quantitative estimate of drug-likeness (QED) is 0.619. The summed E-state index contributed by atoms with van der Waals surface area (Å²) in [6.45, 7) is 0. The molecule has 0 aromatic rings. The van der Waals surface area contributed by atoms with E-state index in [2.05, 4.69) is 23.2 Å². The van der Waals surface area contributed by atoms with Crippen LogP contribution in [-0.2, 0) is 19.8 Å². The van der Waals surface area contributed by atoms with E-state index in [1.165, 1.54) is 0 Å². The van der Waals surface area contributed by atoms with E-state index >= 15 is 0 Å². The fraction of sp³-hybridized carbons (Fsp3) is 0. The van der Waals surface area contributed by atoms with E-state index in [4.69, 9.17) is 4.79 Å². The van der Waals surface area contributed by atoms with Gasteiger partial charge >= 0.3 is 24.5 Å². The van der Waals surface area contributed by atoms with Crippen molar-refractivity contribution in [2.24, 2.45) is 0 Å². The first-order valence-corrected chi connectivity index (χ1v) is 1.34. The molecule has 0 amide bonds. The molecule has 5 heavy (non-hydrogen) atoms. The van der Waals surface area contributed by atoms with Crippen molar-refractivity contribution in [3.8, 4) is 0 Å². The second-order valence-corrected chi connectivity index (χ2v) is 1.11. The molecule has 0 heterocycles. The molecule has 0 aromatic carbocycles. The van der Waals surface area contributed by atoms with Gasteiger partial charge in [-0.15, -0.1) is 0 Å². The van der Waals surface area contributed by atoms with Crippen molar-refractivity contribution >= 4 is 27.9 Å². The van der Waals surface area contributed by atoms with Crippen LogP contribution in [0.3, 0.4) is 0 Å². The van der Waals surface area contributed by atoms with Crippen molar-refractivity contribution in [3.63, 3.8) is 0 Å². The van der Waals surface area contributed by atoms with Gasteiger partial charge in [-0.2, -0.15) is 0 Å². The first-order valence-electron chi connectivity index (χ1n) is 0.582. The fourth-order valence-electron chi connectivity index (χ4n) is 0. The second-order valence-electron chi connectivity index (χ2n) is 0.226. The minimum Gasteiger partial charge on any atom is -0.262 e. The van der Waals surface area contributed by atoms with E-state index in [0.717, 1.165) is 0 Å². The van der Waals surface area contributed by atoms with E-state index in [1.807, 2.05) is 0 Å². The molecule has 0 aromatic heterocycles. The third kappa shape index (κ3) is 51.8. The third-order valence-corrected chi connectivity index (χ3v) is 0. The summed E-state index contributed by atoms with van der Waals surface area (Å²) >= 11 is 8.80. The van der Waals surface area contributed by atoms with Crippen molar-refractivity contribution in [1.29, 1.82) is 0 Å². The van der Waals surface area contributed by atoms with Gasteiger partial charge in [-0.3, -0.25) is 4.79 Å². The molecule has 0 aliphatic carbocycles. The summed E-state index contributed by atoms with van der Waals surface area (Å²) in [7, 11) is 0. The topological polar surface area (TPSA) is 17.1 Å².